The lowest BCUT2D eigenvalue weighted by molar-refractivity contribution is -0.148. The zero-order chi connectivity index (χ0) is 40.1. The minimum atomic E-state index is -0.448. The molecule has 2 aliphatic heterocycles. The molecule has 298 valence electrons. The Kier molecular flexibility index (Phi) is 12.2. The smallest absolute Gasteiger partial charge is 0.306 e. The van der Waals surface area contributed by atoms with Gasteiger partial charge in [0.15, 0.2) is 5.82 Å². The first kappa shape index (κ1) is 39.5. The Labute approximate surface area is 334 Å². The van der Waals surface area contributed by atoms with E-state index in [4.69, 9.17) is 9.72 Å². The summed E-state index contributed by atoms with van der Waals surface area (Å²) in [6.07, 6.45) is 10.7. The van der Waals surface area contributed by atoms with Crippen LogP contribution in [0, 0.1) is 11.8 Å². The number of rotatable bonds is 14. The summed E-state index contributed by atoms with van der Waals surface area (Å²) in [7, 11) is 1.35. The third-order valence-electron chi connectivity index (χ3n) is 11.6. The topological polar surface area (TPSA) is 153 Å². The van der Waals surface area contributed by atoms with Crippen molar-refractivity contribution in [1.29, 1.82) is 0 Å². The Balaban J connectivity index is 1.01. The molecule has 5 heterocycles. The van der Waals surface area contributed by atoms with Crippen LogP contribution in [0.15, 0.2) is 79.4 Å². The minimum Gasteiger partial charge on any atom is -0.469 e. The molecule has 0 aliphatic carbocycles. The Morgan fingerprint density at radius 3 is 1.82 bits per heavy atom. The number of esters is 1. The van der Waals surface area contributed by atoms with Crippen LogP contribution in [0.4, 0.5) is 0 Å². The third kappa shape index (κ3) is 8.39. The number of aromatic nitrogens is 6. The molecule has 2 saturated heterocycles. The molecule has 2 aromatic carbocycles. The number of benzene rings is 2. The van der Waals surface area contributed by atoms with E-state index in [0.29, 0.717) is 24.7 Å². The summed E-state index contributed by atoms with van der Waals surface area (Å²) in [4.78, 5) is 71.6. The second kappa shape index (κ2) is 17.6. The van der Waals surface area contributed by atoms with Crippen molar-refractivity contribution in [2.24, 2.45) is 11.8 Å². The number of likely N-dealkylation sites (N-methyl/N-ethyl adjacent to an activating group) is 1. The molecule has 57 heavy (non-hydrogen) atoms. The largest absolute Gasteiger partial charge is 0.469 e. The number of nitrogens with one attached hydrogen (secondary N) is 2. The first-order chi connectivity index (χ1) is 27.7. The molecule has 7 rings (SSSR count). The van der Waals surface area contributed by atoms with E-state index in [1.165, 1.54) is 7.11 Å². The van der Waals surface area contributed by atoms with Crippen molar-refractivity contribution in [3.05, 3.63) is 96.6 Å². The first-order valence-corrected chi connectivity index (χ1v) is 20.2. The summed E-state index contributed by atoms with van der Waals surface area (Å²) in [5, 5.41) is 0. The standard InChI is InChI=1S/C44H53N9O4/c1-6-51(7-2)39(30-13-9-8-10-14-30)44(56)53-22-12-16-37(53)42-47-26-34(49-42)29-17-19-31(20-18-29)40-45-24-32(25-46-40)35-27-48-41(50-35)36-15-11-21-52(36)43(55)33(28(3)4)23-38(54)57-5/h8-10,13-14,17-20,24-28,33,36-37,39H,6-7,11-12,15-16,21-23H2,1-5H3,(H,47,49)(H,48,50)/t33-,36-,37-,39+/m0/s1. The number of methoxy groups -OCH3 is 1. The highest BCUT2D eigenvalue weighted by Gasteiger charge is 2.39. The van der Waals surface area contributed by atoms with Crippen LogP contribution in [0.2, 0.25) is 0 Å². The molecule has 2 amide bonds. The normalized spacial score (nSPS) is 18.0. The fraction of sp³-hybridized carbons (Fsp3) is 0.432. The summed E-state index contributed by atoms with van der Waals surface area (Å²) >= 11 is 0. The number of ether oxygens (including phenoxy) is 1. The molecule has 0 radical (unpaired) electrons. The van der Waals surface area contributed by atoms with Crippen LogP contribution in [0.5, 0.6) is 0 Å². The molecule has 5 aromatic rings. The highest BCUT2D eigenvalue weighted by molar-refractivity contribution is 5.85. The number of amides is 2. The molecule has 2 fully saturated rings. The molecule has 13 nitrogen and oxygen atoms in total. The second-order valence-electron chi connectivity index (χ2n) is 15.3. The Bertz CT molecular complexity index is 2130. The highest BCUT2D eigenvalue weighted by Crippen LogP contribution is 2.37. The molecule has 0 spiro atoms. The molecule has 4 atom stereocenters. The van der Waals surface area contributed by atoms with Gasteiger partial charge in [-0.2, -0.15) is 0 Å². The third-order valence-corrected chi connectivity index (χ3v) is 11.6. The Hall–Kier alpha value is -5.69. The lowest BCUT2D eigenvalue weighted by Gasteiger charge is -2.34. The van der Waals surface area contributed by atoms with E-state index in [1.54, 1.807) is 18.6 Å². The van der Waals surface area contributed by atoms with Gasteiger partial charge < -0.3 is 24.5 Å². The summed E-state index contributed by atoms with van der Waals surface area (Å²) in [6, 6.07) is 17.5. The zero-order valence-electron chi connectivity index (χ0n) is 33.5. The predicted molar refractivity (Wildman–Crippen MR) is 217 cm³/mol. The van der Waals surface area contributed by atoms with Crippen LogP contribution in [-0.4, -0.2) is 95.7 Å². The van der Waals surface area contributed by atoms with Gasteiger partial charge in [-0.15, -0.1) is 0 Å². The van der Waals surface area contributed by atoms with Gasteiger partial charge in [0.25, 0.3) is 0 Å². The van der Waals surface area contributed by atoms with E-state index in [0.717, 1.165) is 78.2 Å². The van der Waals surface area contributed by atoms with Crippen molar-refractivity contribution in [1.82, 2.24) is 44.6 Å². The zero-order valence-corrected chi connectivity index (χ0v) is 33.5. The van der Waals surface area contributed by atoms with E-state index < -0.39 is 5.92 Å². The summed E-state index contributed by atoms with van der Waals surface area (Å²) in [6.45, 7) is 11.0. The molecule has 13 heteroatoms. The maximum atomic E-state index is 14.2. The monoisotopic (exact) mass is 771 g/mol. The molecule has 2 N–H and O–H groups in total. The molecule has 0 saturated carbocycles. The SMILES string of the molecule is CCN(CC)[C@@H](C(=O)N1CCC[C@H]1c1ncc(-c2ccc(-c3ncc(-c4cnc([C@@H]5CCCN5C(=O)[C@@H](CC(=O)OC)C(C)C)[nH]4)cn3)cc2)[nH]1)c1ccccc1. The van der Waals surface area contributed by atoms with Crippen LogP contribution in [0.3, 0.4) is 0 Å². The van der Waals surface area contributed by atoms with Gasteiger partial charge in [0.2, 0.25) is 11.8 Å². The van der Waals surface area contributed by atoms with Crippen molar-refractivity contribution in [3.8, 4) is 33.9 Å². The molecular weight excluding hydrogens is 719 g/mol. The van der Waals surface area contributed by atoms with Crippen molar-refractivity contribution in [2.45, 2.75) is 77.9 Å². The fourth-order valence-corrected chi connectivity index (χ4v) is 8.32. The minimum absolute atomic E-state index is 0.00162. The number of H-pyrrole nitrogens is 2. The van der Waals surface area contributed by atoms with Crippen LogP contribution in [-0.2, 0) is 19.1 Å². The predicted octanol–water partition coefficient (Wildman–Crippen LogP) is 7.17. The van der Waals surface area contributed by atoms with Gasteiger partial charge in [0.05, 0.1) is 55.3 Å². The highest BCUT2D eigenvalue weighted by atomic mass is 16.5. The second-order valence-corrected chi connectivity index (χ2v) is 15.3. The number of hydrogen-bond acceptors (Lipinski definition) is 9. The fourth-order valence-electron chi connectivity index (χ4n) is 8.32. The number of carbonyl (C=O) groups excluding carboxylic acids is 3. The number of aromatic amines is 2. The van der Waals surface area contributed by atoms with Gasteiger partial charge in [-0.1, -0.05) is 82.3 Å². The summed E-state index contributed by atoms with van der Waals surface area (Å²) in [5.74, 6) is 1.35. The van der Waals surface area contributed by atoms with Gasteiger partial charge in [0.1, 0.15) is 17.7 Å². The van der Waals surface area contributed by atoms with Gasteiger partial charge in [-0.25, -0.2) is 19.9 Å². The maximum Gasteiger partial charge on any atom is 0.306 e. The van der Waals surface area contributed by atoms with Crippen molar-refractivity contribution >= 4 is 17.8 Å². The number of imidazole rings is 2. The Morgan fingerprint density at radius 2 is 1.28 bits per heavy atom. The van der Waals surface area contributed by atoms with Gasteiger partial charge in [0, 0.05) is 36.6 Å². The number of nitrogens with zero attached hydrogens (tertiary/aromatic N) is 7. The van der Waals surface area contributed by atoms with E-state index in [1.807, 2.05) is 84.4 Å². The number of hydrogen-bond donors (Lipinski definition) is 2. The lowest BCUT2D eigenvalue weighted by atomic mass is 9.91. The van der Waals surface area contributed by atoms with E-state index in [-0.39, 0.29) is 48.2 Å². The maximum absolute atomic E-state index is 14.2. The van der Waals surface area contributed by atoms with E-state index in [9.17, 15) is 14.4 Å². The quantitative estimate of drug-likeness (QED) is 0.112. The molecule has 0 bridgehead atoms. The van der Waals surface area contributed by atoms with E-state index in [2.05, 4.69) is 43.7 Å². The average Bonchev–Trinajstić information content (AvgIpc) is 4.09. The van der Waals surface area contributed by atoms with Crippen molar-refractivity contribution in [3.63, 3.8) is 0 Å². The van der Waals surface area contributed by atoms with Gasteiger partial charge in [-0.3, -0.25) is 19.3 Å². The van der Waals surface area contributed by atoms with Gasteiger partial charge in [-0.05, 0) is 55.8 Å². The number of carbonyl (C=O) groups is 3. The van der Waals surface area contributed by atoms with Crippen LogP contribution in [0.25, 0.3) is 33.9 Å². The van der Waals surface area contributed by atoms with Crippen LogP contribution >= 0.6 is 0 Å². The molecule has 2 aliphatic rings. The van der Waals surface area contributed by atoms with Crippen molar-refractivity contribution in [2.75, 3.05) is 33.3 Å². The van der Waals surface area contributed by atoms with E-state index >= 15 is 0 Å². The van der Waals surface area contributed by atoms with Gasteiger partial charge >= 0.3 is 5.97 Å². The van der Waals surface area contributed by atoms with Crippen molar-refractivity contribution < 1.29 is 19.1 Å². The Morgan fingerprint density at radius 1 is 0.737 bits per heavy atom. The van der Waals surface area contributed by atoms with Crippen LogP contribution in [0.1, 0.15) is 95.1 Å². The summed E-state index contributed by atoms with van der Waals surface area (Å²) < 4.78 is 4.86. The van der Waals surface area contributed by atoms with Crippen LogP contribution < -0.4 is 0 Å². The molecule has 0 unspecified atom stereocenters. The molecular formula is C44H53N9O4. The summed E-state index contributed by atoms with van der Waals surface area (Å²) in [5.41, 5.74) is 5.30. The first-order valence-electron chi connectivity index (χ1n) is 20.2. The molecule has 3 aromatic heterocycles. The average molecular weight is 772 g/mol. The number of likely N-dealkylation sites (tertiary alicyclic amines) is 2. The lowest BCUT2D eigenvalue weighted by Crippen LogP contribution is -2.43.